The van der Waals surface area contributed by atoms with Gasteiger partial charge in [0.1, 0.15) is 5.75 Å². The summed E-state index contributed by atoms with van der Waals surface area (Å²) < 4.78 is 4.51. The summed E-state index contributed by atoms with van der Waals surface area (Å²) >= 11 is 0. The maximum absolute atomic E-state index is 11.7. The van der Waals surface area contributed by atoms with Crippen molar-refractivity contribution in [3.8, 4) is 5.75 Å². The first-order chi connectivity index (χ1) is 10.6. The van der Waals surface area contributed by atoms with Crippen molar-refractivity contribution >= 4 is 29.7 Å². The zero-order chi connectivity index (χ0) is 15.5. The van der Waals surface area contributed by atoms with Crippen molar-refractivity contribution in [2.24, 2.45) is 0 Å². The predicted octanol–water partition coefficient (Wildman–Crippen LogP) is 3.03. The lowest BCUT2D eigenvalue weighted by molar-refractivity contribution is -0.149. The number of esters is 2. The Morgan fingerprint density at radius 3 is 2.41 bits per heavy atom. The summed E-state index contributed by atoms with van der Waals surface area (Å²) in [6.45, 7) is 0. The normalized spacial score (nSPS) is 14.3. The quantitative estimate of drug-likeness (QED) is 0.536. The highest BCUT2D eigenvalue weighted by Crippen LogP contribution is 2.29. The van der Waals surface area contributed by atoms with Crippen LogP contribution in [0.4, 0.5) is 0 Å². The largest absolute Gasteiger partial charge is 0.508 e. The molecule has 0 amide bonds. The van der Waals surface area contributed by atoms with Crippen LogP contribution in [-0.4, -0.2) is 17.0 Å². The van der Waals surface area contributed by atoms with Gasteiger partial charge >= 0.3 is 11.9 Å². The van der Waals surface area contributed by atoms with Crippen molar-refractivity contribution in [2.75, 3.05) is 0 Å². The molecule has 0 spiro atoms. The van der Waals surface area contributed by atoms with Gasteiger partial charge in [0.05, 0.1) is 5.57 Å². The number of hydrogen-bond acceptors (Lipinski definition) is 4. The highest BCUT2D eigenvalue weighted by Gasteiger charge is 2.26. The first-order valence-corrected chi connectivity index (χ1v) is 6.68. The Labute approximate surface area is 127 Å². The van der Waals surface area contributed by atoms with E-state index in [1.54, 1.807) is 6.07 Å². The molecule has 2 aromatic rings. The second-order valence-electron chi connectivity index (χ2n) is 4.78. The van der Waals surface area contributed by atoms with Crippen LogP contribution in [0.5, 0.6) is 5.75 Å². The van der Waals surface area contributed by atoms with E-state index in [0.29, 0.717) is 11.1 Å². The lowest BCUT2D eigenvalue weighted by atomic mass is 9.98. The number of rotatable bonds is 3. The van der Waals surface area contributed by atoms with Crippen LogP contribution in [0, 0.1) is 0 Å². The molecule has 4 heteroatoms. The van der Waals surface area contributed by atoms with E-state index in [0.717, 1.165) is 11.6 Å². The van der Waals surface area contributed by atoms with E-state index >= 15 is 0 Å². The van der Waals surface area contributed by atoms with E-state index in [1.165, 1.54) is 12.1 Å². The van der Waals surface area contributed by atoms with Crippen LogP contribution >= 0.6 is 0 Å². The molecule has 1 aliphatic rings. The van der Waals surface area contributed by atoms with Crippen molar-refractivity contribution in [1.29, 1.82) is 0 Å². The van der Waals surface area contributed by atoms with Crippen molar-refractivity contribution in [1.82, 2.24) is 0 Å². The van der Waals surface area contributed by atoms with Crippen molar-refractivity contribution in [2.45, 2.75) is 0 Å². The molecule has 1 N–H and O–H groups in total. The molecule has 0 saturated carbocycles. The Bertz CT molecular complexity index is 801. The first kappa shape index (κ1) is 13.8. The molecule has 0 unspecified atom stereocenters. The van der Waals surface area contributed by atoms with Crippen molar-refractivity contribution in [3.63, 3.8) is 0 Å². The fourth-order valence-corrected chi connectivity index (χ4v) is 2.21. The van der Waals surface area contributed by atoms with Gasteiger partial charge in [0.15, 0.2) is 0 Å². The topological polar surface area (TPSA) is 63.6 Å². The fraction of sp³-hybridized carbons (Fsp3) is 0. The Hall–Kier alpha value is -3.14. The second-order valence-corrected chi connectivity index (χ2v) is 4.78. The summed E-state index contributed by atoms with van der Waals surface area (Å²) in [7, 11) is 0. The zero-order valence-corrected chi connectivity index (χ0v) is 11.5. The third-order valence-corrected chi connectivity index (χ3v) is 3.26. The summed E-state index contributed by atoms with van der Waals surface area (Å²) in [4.78, 5) is 22.9. The molecule has 1 aliphatic heterocycles. The molecule has 4 nitrogen and oxygen atoms in total. The van der Waals surface area contributed by atoms with Gasteiger partial charge in [0.25, 0.3) is 0 Å². The van der Waals surface area contributed by atoms with Gasteiger partial charge in [-0.1, -0.05) is 48.6 Å². The number of phenolic OH excluding ortho intramolecular Hbond substituents is 1. The average Bonchev–Trinajstić information content (AvgIpc) is 2.85. The molecule has 108 valence electrons. The van der Waals surface area contributed by atoms with Gasteiger partial charge < -0.3 is 9.84 Å². The lowest BCUT2D eigenvalue weighted by Gasteiger charge is -2.06. The Kier molecular flexibility index (Phi) is 3.58. The van der Waals surface area contributed by atoms with Crippen LogP contribution in [0.3, 0.4) is 0 Å². The minimum atomic E-state index is -0.704. The summed E-state index contributed by atoms with van der Waals surface area (Å²) in [5.41, 5.74) is 2.32. The van der Waals surface area contributed by atoms with Crippen LogP contribution in [0.2, 0.25) is 0 Å². The van der Waals surface area contributed by atoms with E-state index in [2.05, 4.69) is 4.74 Å². The molecule has 0 saturated heterocycles. The molecular formula is C18H12O4. The van der Waals surface area contributed by atoms with E-state index in [1.807, 2.05) is 42.5 Å². The Balaban J connectivity index is 2.02. The van der Waals surface area contributed by atoms with Gasteiger partial charge in [-0.05, 0) is 23.3 Å². The summed E-state index contributed by atoms with van der Waals surface area (Å²) in [5.74, 6) is -1.38. The molecule has 0 atom stereocenters. The molecule has 0 radical (unpaired) electrons. The van der Waals surface area contributed by atoms with E-state index in [9.17, 15) is 14.7 Å². The van der Waals surface area contributed by atoms with Gasteiger partial charge in [0.2, 0.25) is 0 Å². The van der Waals surface area contributed by atoms with Crippen molar-refractivity contribution < 1.29 is 19.4 Å². The predicted molar refractivity (Wildman–Crippen MR) is 82.6 cm³/mol. The van der Waals surface area contributed by atoms with Gasteiger partial charge in [0, 0.05) is 11.6 Å². The van der Waals surface area contributed by atoms with E-state index in [-0.39, 0.29) is 11.3 Å². The molecule has 3 rings (SSSR count). The Morgan fingerprint density at radius 2 is 1.73 bits per heavy atom. The third-order valence-electron chi connectivity index (χ3n) is 3.26. The number of ether oxygens (including phenoxy) is 1. The van der Waals surface area contributed by atoms with Crippen LogP contribution in [0.25, 0.3) is 17.7 Å². The average molecular weight is 292 g/mol. The maximum atomic E-state index is 11.7. The van der Waals surface area contributed by atoms with Gasteiger partial charge in [-0.25, -0.2) is 9.59 Å². The van der Waals surface area contributed by atoms with Gasteiger partial charge in [-0.2, -0.15) is 0 Å². The van der Waals surface area contributed by atoms with Gasteiger partial charge in [-0.3, -0.25) is 0 Å². The third kappa shape index (κ3) is 2.81. The fourth-order valence-electron chi connectivity index (χ4n) is 2.21. The van der Waals surface area contributed by atoms with Crippen LogP contribution < -0.4 is 0 Å². The summed E-state index contributed by atoms with van der Waals surface area (Å²) in [6.07, 6.45) is 4.84. The molecule has 22 heavy (non-hydrogen) atoms. The summed E-state index contributed by atoms with van der Waals surface area (Å²) in [6, 6.07) is 14.3. The summed E-state index contributed by atoms with van der Waals surface area (Å²) in [5, 5.41) is 9.65. The molecular weight excluding hydrogens is 280 g/mol. The second kappa shape index (κ2) is 5.69. The molecule has 0 aromatic heterocycles. The Morgan fingerprint density at radius 1 is 0.955 bits per heavy atom. The molecule has 2 aromatic carbocycles. The number of carbonyl (C=O) groups excluding carboxylic acids is 2. The minimum absolute atomic E-state index is 0.0138. The highest BCUT2D eigenvalue weighted by molar-refractivity contribution is 6.28. The lowest BCUT2D eigenvalue weighted by Crippen LogP contribution is -2.02. The van der Waals surface area contributed by atoms with Crippen LogP contribution in [0.1, 0.15) is 16.7 Å². The SMILES string of the molecule is O=C1C=C(c2cc(O)ccc2/C=C/c2ccccc2)C(=O)O1. The number of aromatic hydroxyl groups is 1. The monoisotopic (exact) mass is 292 g/mol. The molecule has 0 fully saturated rings. The van der Waals surface area contributed by atoms with Crippen LogP contribution in [-0.2, 0) is 14.3 Å². The zero-order valence-electron chi connectivity index (χ0n) is 11.5. The minimum Gasteiger partial charge on any atom is -0.508 e. The molecule has 0 bridgehead atoms. The number of cyclic esters (lactones) is 2. The maximum Gasteiger partial charge on any atom is 0.346 e. The van der Waals surface area contributed by atoms with Crippen LogP contribution in [0.15, 0.2) is 54.6 Å². The smallest absolute Gasteiger partial charge is 0.346 e. The van der Waals surface area contributed by atoms with E-state index < -0.39 is 11.9 Å². The van der Waals surface area contributed by atoms with E-state index in [4.69, 9.17) is 0 Å². The number of hydrogen-bond donors (Lipinski definition) is 1. The number of phenols is 1. The molecule has 1 heterocycles. The number of carbonyl (C=O) groups is 2. The molecule has 0 aliphatic carbocycles. The van der Waals surface area contributed by atoms with Gasteiger partial charge in [-0.15, -0.1) is 0 Å². The first-order valence-electron chi connectivity index (χ1n) is 6.68. The number of benzene rings is 2. The standard InChI is InChI=1S/C18H12O4/c19-14-9-8-13(7-6-12-4-2-1-3-5-12)15(10-14)16-11-17(20)22-18(16)21/h1-11,19H/b7-6+. The highest BCUT2D eigenvalue weighted by atomic mass is 16.6. The van der Waals surface area contributed by atoms with Crippen molar-refractivity contribution in [3.05, 3.63) is 71.3 Å².